The smallest absolute Gasteiger partial charge is 0.0917 e. The fourth-order valence-electron chi connectivity index (χ4n) is 0.814. The van der Waals surface area contributed by atoms with Gasteiger partial charge in [-0.3, -0.25) is 4.68 Å². The van der Waals surface area contributed by atoms with E-state index in [2.05, 4.69) is 21.0 Å². The Kier molecular flexibility index (Phi) is 3.08. The van der Waals surface area contributed by atoms with Gasteiger partial charge in [-0.2, -0.15) is 5.10 Å². The highest BCUT2D eigenvalue weighted by atomic mass is 79.9. The Morgan fingerprint density at radius 2 is 2.55 bits per heavy atom. The van der Waals surface area contributed by atoms with E-state index >= 15 is 0 Å². The normalized spacial score (nSPS) is 13.4. The summed E-state index contributed by atoms with van der Waals surface area (Å²) in [6.07, 6.45) is 3.11. The highest BCUT2D eigenvalue weighted by Crippen LogP contribution is 2.13. The first kappa shape index (κ1) is 8.74. The van der Waals surface area contributed by atoms with Crippen LogP contribution in [0.25, 0.3) is 0 Å². The lowest BCUT2D eigenvalue weighted by atomic mass is 10.2. The van der Waals surface area contributed by atoms with Crippen LogP contribution in [-0.2, 0) is 6.54 Å². The van der Waals surface area contributed by atoms with E-state index in [1.54, 1.807) is 10.9 Å². The van der Waals surface area contributed by atoms with Gasteiger partial charge in [0.25, 0.3) is 0 Å². The van der Waals surface area contributed by atoms with Crippen molar-refractivity contribution in [3.05, 3.63) is 18.0 Å². The summed E-state index contributed by atoms with van der Waals surface area (Å²) < 4.78 is 1.79. The van der Waals surface area contributed by atoms with Gasteiger partial charge >= 0.3 is 0 Å². The van der Waals surface area contributed by atoms with E-state index in [0.29, 0.717) is 5.33 Å². The molecule has 4 heteroatoms. The molecular weight excluding hydrogens is 208 g/mol. The Morgan fingerprint density at radius 3 is 3.00 bits per heavy atom. The predicted octanol–water partition coefficient (Wildman–Crippen LogP) is 1.33. The van der Waals surface area contributed by atoms with E-state index in [1.165, 1.54) is 0 Å². The van der Waals surface area contributed by atoms with Crippen LogP contribution in [0.5, 0.6) is 0 Å². The van der Waals surface area contributed by atoms with Crippen molar-refractivity contribution in [3.63, 3.8) is 0 Å². The van der Waals surface area contributed by atoms with E-state index in [0.717, 1.165) is 12.1 Å². The molecule has 0 aromatic carbocycles. The molecule has 0 aliphatic rings. The Labute approximate surface area is 74.2 Å². The van der Waals surface area contributed by atoms with Gasteiger partial charge in [-0.25, -0.2) is 0 Å². The zero-order valence-electron chi connectivity index (χ0n) is 6.37. The summed E-state index contributed by atoms with van der Waals surface area (Å²) in [5, 5.41) is 13.9. The number of halogens is 1. The third kappa shape index (κ3) is 2.04. The number of alkyl halides is 1. The summed E-state index contributed by atoms with van der Waals surface area (Å²) in [6.45, 7) is 2.85. The third-order valence-electron chi connectivity index (χ3n) is 1.51. The van der Waals surface area contributed by atoms with Crippen LogP contribution in [0.2, 0.25) is 0 Å². The van der Waals surface area contributed by atoms with Crippen molar-refractivity contribution in [2.24, 2.45) is 0 Å². The molecule has 0 saturated carbocycles. The SMILES string of the molecule is CCn1cc([C@@H](O)CBr)cn1. The van der Waals surface area contributed by atoms with E-state index < -0.39 is 6.10 Å². The van der Waals surface area contributed by atoms with Crippen LogP contribution in [0.1, 0.15) is 18.6 Å². The number of hydrogen-bond donors (Lipinski definition) is 1. The van der Waals surface area contributed by atoms with Gasteiger partial charge in [-0.1, -0.05) is 15.9 Å². The van der Waals surface area contributed by atoms with Crippen LogP contribution in [0.4, 0.5) is 0 Å². The quantitative estimate of drug-likeness (QED) is 0.778. The Morgan fingerprint density at radius 1 is 1.82 bits per heavy atom. The summed E-state index contributed by atoms with van der Waals surface area (Å²) >= 11 is 3.20. The summed E-state index contributed by atoms with van der Waals surface area (Å²) in [5.74, 6) is 0. The molecule has 0 unspecified atom stereocenters. The minimum Gasteiger partial charge on any atom is -0.387 e. The minimum atomic E-state index is -0.435. The second-order valence-electron chi connectivity index (χ2n) is 2.30. The maximum atomic E-state index is 9.34. The molecule has 0 aliphatic heterocycles. The maximum absolute atomic E-state index is 9.34. The summed E-state index contributed by atoms with van der Waals surface area (Å²) in [4.78, 5) is 0. The fraction of sp³-hybridized carbons (Fsp3) is 0.571. The molecule has 3 nitrogen and oxygen atoms in total. The topological polar surface area (TPSA) is 38.0 Å². The van der Waals surface area contributed by atoms with Gasteiger partial charge in [0.05, 0.1) is 12.3 Å². The summed E-state index contributed by atoms with van der Waals surface area (Å²) in [7, 11) is 0. The molecule has 62 valence electrons. The second-order valence-corrected chi connectivity index (χ2v) is 2.95. The minimum absolute atomic E-state index is 0.435. The van der Waals surface area contributed by atoms with Crippen molar-refractivity contribution >= 4 is 15.9 Å². The Bertz CT molecular complexity index is 224. The third-order valence-corrected chi connectivity index (χ3v) is 2.12. The van der Waals surface area contributed by atoms with Gasteiger partial charge in [0.15, 0.2) is 0 Å². The number of aryl methyl sites for hydroxylation is 1. The van der Waals surface area contributed by atoms with Crippen LogP contribution in [-0.4, -0.2) is 20.2 Å². The number of aliphatic hydroxyl groups is 1. The lowest BCUT2D eigenvalue weighted by Gasteiger charge is -2.00. The molecule has 0 spiro atoms. The lowest BCUT2D eigenvalue weighted by molar-refractivity contribution is 0.205. The van der Waals surface area contributed by atoms with Gasteiger partial charge in [-0.15, -0.1) is 0 Å². The molecule has 11 heavy (non-hydrogen) atoms. The monoisotopic (exact) mass is 218 g/mol. The standard InChI is InChI=1S/C7H11BrN2O/c1-2-10-5-6(4-9-10)7(11)3-8/h4-5,7,11H,2-3H2,1H3/t7-/m0/s1. The molecule has 0 saturated heterocycles. The first-order valence-electron chi connectivity index (χ1n) is 3.54. The number of rotatable bonds is 3. The molecule has 1 rings (SSSR count). The molecule has 0 fully saturated rings. The van der Waals surface area contributed by atoms with E-state index in [9.17, 15) is 5.11 Å². The zero-order valence-corrected chi connectivity index (χ0v) is 7.95. The molecule has 1 N–H and O–H groups in total. The summed E-state index contributed by atoms with van der Waals surface area (Å²) in [6, 6.07) is 0. The number of aromatic nitrogens is 2. The van der Waals surface area contributed by atoms with E-state index in [-0.39, 0.29) is 0 Å². The van der Waals surface area contributed by atoms with E-state index in [1.807, 2.05) is 13.1 Å². The first-order valence-corrected chi connectivity index (χ1v) is 4.66. The number of hydrogen-bond acceptors (Lipinski definition) is 2. The van der Waals surface area contributed by atoms with E-state index in [4.69, 9.17) is 0 Å². The van der Waals surface area contributed by atoms with Gasteiger partial charge in [0.2, 0.25) is 0 Å². The lowest BCUT2D eigenvalue weighted by Crippen LogP contribution is -1.96. The molecular formula is C7H11BrN2O. The van der Waals surface area contributed by atoms with Crippen LogP contribution in [0.3, 0.4) is 0 Å². The molecule has 0 bridgehead atoms. The molecule has 1 heterocycles. The van der Waals surface area contributed by atoms with Crippen molar-refractivity contribution in [1.82, 2.24) is 9.78 Å². The molecule has 1 aromatic rings. The maximum Gasteiger partial charge on any atom is 0.0917 e. The van der Waals surface area contributed by atoms with Gasteiger partial charge in [0.1, 0.15) is 0 Å². The second kappa shape index (κ2) is 3.88. The van der Waals surface area contributed by atoms with Crippen LogP contribution in [0.15, 0.2) is 12.4 Å². The van der Waals surface area contributed by atoms with Gasteiger partial charge in [-0.05, 0) is 6.92 Å². The van der Waals surface area contributed by atoms with Crippen molar-refractivity contribution in [1.29, 1.82) is 0 Å². The Balaban J connectivity index is 2.71. The fourth-order valence-corrected chi connectivity index (χ4v) is 1.19. The zero-order chi connectivity index (χ0) is 8.27. The molecule has 0 amide bonds. The van der Waals surface area contributed by atoms with Crippen LogP contribution < -0.4 is 0 Å². The molecule has 1 atom stereocenters. The predicted molar refractivity (Wildman–Crippen MR) is 46.7 cm³/mol. The molecule has 0 radical (unpaired) electrons. The van der Waals surface area contributed by atoms with Crippen molar-refractivity contribution < 1.29 is 5.11 Å². The van der Waals surface area contributed by atoms with Crippen LogP contribution >= 0.6 is 15.9 Å². The van der Waals surface area contributed by atoms with Gasteiger partial charge in [0, 0.05) is 23.6 Å². The molecule has 1 aromatic heterocycles. The van der Waals surface area contributed by atoms with Crippen molar-refractivity contribution in [2.45, 2.75) is 19.6 Å². The largest absolute Gasteiger partial charge is 0.387 e. The highest BCUT2D eigenvalue weighted by molar-refractivity contribution is 9.09. The van der Waals surface area contributed by atoms with Crippen LogP contribution in [0, 0.1) is 0 Å². The number of aliphatic hydroxyl groups excluding tert-OH is 1. The number of nitrogens with zero attached hydrogens (tertiary/aromatic N) is 2. The first-order chi connectivity index (χ1) is 5.27. The molecule has 0 aliphatic carbocycles. The van der Waals surface area contributed by atoms with Crippen molar-refractivity contribution in [3.8, 4) is 0 Å². The Hall–Kier alpha value is -0.350. The summed E-state index contributed by atoms with van der Waals surface area (Å²) in [5.41, 5.74) is 0.865. The van der Waals surface area contributed by atoms with Crippen molar-refractivity contribution in [2.75, 3.05) is 5.33 Å². The average Bonchev–Trinajstić information content (AvgIpc) is 2.50. The highest BCUT2D eigenvalue weighted by Gasteiger charge is 2.06. The average molecular weight is 219 g/mol. The van der Waals surface area contributed by atoms with Gasteiger partial charge < -0.3 is 5.11 Å².